The normalized spacial score (nSPS) is 9.67. The molecule has 0 aromatic carbocycles. The van der Waals surface area contributed by atoms with Gasteiger partial charge in [-0.2, -0.15) is 4.37 Å². The molecule has 0 unspecified atom stereocenters. The SMILES string of the molecule is c1cncc(Nc2ccsn2)c1. The molecule has 2 heterocycles. The van der Waals surface area contributed by atoms with E-state index in [-0.39, 0.29) is 0 Å². The van der Waals surface area contributed by atoms with Crippen LogP contribution in [-0.4, -0.2) is 9.36 Å². The molecule has 0 amide bonds. The molecule has 0 aliphatic carbocycles. The van der Waals surface area contributed by atoms with E-state index < -0.39 is 0 Å². The maximum Gasteiger partial charge on any atom is 0.144 e. The molecule has 0 radical (unpaired) electrons. The zero-order chi connectivity index (χ0) is 8.23. The number of aromatic nitrogens is 2. The summed E-state index contributed by atoms with van der Waals surface area (Å²) in [6, 6.07) is 5.76. The van der Waals surface area contributed by atoms with Gasteiger partial charge in [-0.05, 0) is 29.7 Å². The summed E-state index contributed by atoms with van der Waals surface area (Å²) in [5.74, 6) is 0.869. The molecular formula is C8H7N3S. The molecule has 0 aliphatic heterocycles. The lowest BCUT2D eigenvalue weighted by Crippen LogP contribution is -1.89. The molecule has 0 atom stereocenters. The van der Waals surface area contributed by atoms with E-state index >= 15 is 0 Å². The van der Waals surface area contributed by atoms with Gasteiger partial charge in [0.1, 0.15) is 5.82 Å². The molecule has 0 saturated heterocycles. The highest BCUT2D eigenvalue weighted by atomic mass is 32.1. The summed E-state index contributed by atoms with van der Waals surface area (Å²) in [4.78, 5) is 3.98. The minimum Gasteiger partial charge on any atom is -0.338 e. The van der Waals surface area contributed by atoms with E-state index in [1.54, 1.807) is 12.4 Å². The third kappa shape index (κ3) is 1.60. The van der Waals surface area contributed by atoms with E-state index in [9.17, 15) is 0 Å². The smallest absolute Gasteiger partial charge is 0.144 e. The van der Waals surface area contributed by atoms with Crippen molar-refractivity contribution >= 4 is 23.0 Å². The molecule has 0 bridgehead atoms. The first kappa shape index (κ1) is 7.24. The molecular weight excluding hydrogens is 170 g/mol. The first-order valence-electron chi connectivity index (χ1n) is 3.52. The summed E-state index contributed by atoms with van der Waals surface area (Å²) >= 11 is 1.43. The molecule has 1 N–H and O–H groups in total. The van der Waals surface area contributed by atoms with Crippen LogP contribution in [-0.2, 0) is 0 Å². The van der Waals surface area contributed by atoms with Crippen molar-refractivity contribution in [3.63, 3.8) is 0 Å². The van der Waals surface area contributed by atoms with Crippen molar-refractivity contribution in [2.45, 2.75) is 0 Å². The highest BCUT2D eigenvalue weighted by Crippen LogP contribution is 2.13. The molecule has 0 spiro atoms. The van der Waals surface area contributed by atoms with Crippen LogP contribution in [0, 0.1) is 0 Å². The zero-order valence-electron chi connectivity index (χ0n) is 6.27. The quantitative estimate of drug-likeness (QED) is 0.764. The molecule has 2 rings (SSSR count). The van der Waals surface area contributed by atoms with Crippen LogP contribution >= 0.6 is 11.5 Å². The Morgan fingerprint density at radius 1 is 1.33 bits per heavy atom. The van der Waals surface area contributed by atoms with Crippen molar-refractivity contribution in [3.05, 3.63) is 36.0 Å². The Morgan fingerprint density at radius 2 is 2.33 bits per heavy atom. The molecule has 12 heavy (non-hydrogen) atoms. The Balaban J connectivity index is 2.15. The number of nitrogens with one attached hydrogen (secondary N) is 1. The summed E-state index contributed by atoms with van der Waals surface area (Å²) in [6.45, 7) is 0. The third-order valence-electron chi connectivity index (χ3n) is 1.37. The fraction of sp³-hybridized carbons (Fsp3) is 0. The molecule has 2 aromatic heterocycles. The van der Waals surface area contributed by atoms with E-state index in [0.717, 1.165) is 11.5 Å². The first-order chi connectivity index (χ1) is 5.95. The van der Waals surface area contributed by atoms with Crippen LogP contribution in [0.3, 0.4) is 0 Å². The van der Waals surface area contributed by atoms with E-state index in [1.807, 2.05) is 23.6 Å². The minimum atomic E-state index is 0.869. The highest BCUT2D eigenvalue weighted by molar-refractivity contribution is 7.03. The maximum absolute atomic E-state index is 4.11. The summed E-state index contributed by atoms with van der Waals surface area (Å²) in [6.07, 6.45) is 3.51. The van der Waals surface area contributed by atoms with Gasteiger partial charge in [-0.3, -0.25) is 4.98 Å². The van der Waals surface area contributed by atoms with Crippen molar-refractivity contribution in [3.8, 4) is 0 Å². The fourth-order valence-electron chi connectivity index (χ4n) is 0.862. The number of nitrogens with zero attached hydrogens (tertiary/aromatic N) is 2. The predicted octanol–water partition coefficient (Wildman–Crippen LogP) is 2.28. The van der Waals surface area contributed by atoms with Gasteiger partial charge in [0.2, 0.25) is 0 Å². The largest absolute Gasteiger partial charge is 0.338 e. The third-order valence-corrected chi connectivity index (χ3v) is 1.93. The van der Waals surface area contributed by atoms with E-state index in [2.05, 4.69) is 14.7 Å². The molecule has 3 nitrogen and oxygen atoms in total. The molecule has 60 valence electrons. The monoisotopic (exact) mass is 177 g/mol. The van der Waals surface area contributed by atoms with Crippen LogP contribution in [0.2, 0.25) is 0 Å². The summed E-state index contributed by atoms with van der Waals surface area (Å²) in [7, 11) is 0. The molecule has 2 aromatic rings. The number of rotatable bonds is 2. The minimum absolute atomic E-state index is 0.869. The number of pyridine rings is 1. The first-order valence-corrected chi connectivity index (χ1v) is 4.36. The fourth-order valence-corrected chi connectivity index (χ4v) is 1.33. The Bertz CT molecular complexity index is 330. The topological polar surface area (TPSA) is 37.8 Å². The number of hydrogen-bond acceptors (Lipinski definition) is 4. The second-order valence-electron chi connectivity index (χ2n) is 2.25. The van der Waals surface area contributed by atoms with Crippen LogP contribution in [0.4, 0.5) is 11.5 Å². The average molecular weight is 177 g/mol. The number of hydrogen-bond donors (Lipinski definition) is 1. The standard InChI is InChI=1S/C8H7N3S/c1-2-7(6-9-4-1)10-8-3-5-12-11-8/h1-6H,(H,10,11). The van der Waals surface area contributed by atoms with E-state index in [1.165, 1.54) is 11.5 Å². The van der Waals surface area contributed by atoms with Crippen LogP contribution < -0.4 is 5.32 Å². The van der Waals surface area contributed by atoms with Gasteiger partial charge in [0, 0.05) is 11.6 Å². The Morgan fingerprint density at radius 3 is 3.00 bits per heavy atom. The van der Waals surface area contributed by atoms with Gasteiger partial charge in [0.25, 0.3) is 0 Å². The van der Waals surface area contributed by atoms with Crippen molar-refractivity contribution < 1.29 is 0 Å². The molecule has 0 fully saturated rings. The van der Waals surface area contributed by atoms with Gasteiger partial charge < -0.3 is 5.32 Å². The van der Waals surface area contributed by atoms with Crippen LogP contribution in [0.5, 0.6) is 0 Å². The highest BCUT2D eigenvalue weighted by Gasteiger charge is 1.93. The lowest BCUT2D eigenvalue weighted by atomic mass is 10.4. The van der Waals surface area contributed by atoms with Gasteiger partial charge in [-0.1, -0.05) is 0 Å². The lowest BCUT2D eigenvalue weighted by Gasteiger charge is -1.99. The van der Waals surface area contributed by atoms with Crippen molar-refractivity contribution in [2.75, 3.05) is 5.32 Å². The molecule has 0 saturated carbocycles. The second-order valence-corrected chi connectivity index (χ2v) is 2.92. The number of anilines is 2. The average Bonchev–Trinajstić information content (AvgIpc) is 2.59. The second kappa shape index (κ2) is 3.32. The zero-order valence-corrected chi connectivity index (χ0v) is 7.08. The van der Waals surface area contributed by atoms with Gasteiger partial charge in [-0.25, -0.2) is 0 Å². The Kier molecular flexibility index (Phi) is 2.00. The van der Waals surface area contributed by atoms with Gasteiger partial charge in [0.15, 0.2) is 0 Å². The summed E-state index contributed by atoms with van der Waals surface area (Å²) in [5.41, 5.74) is 0.961. The van der Waals surface area contributed by atoms with Crippen LogP contribution in [0.15, 0.2) is 36.0 Å². The van der Waals surface area contributed by atoms with E-state index in [0.29, 0.717) is 0 Å². The van der Waals surface area contributed by atoms with Gasteiger partial charge in [0.05, 0.1) is 11.9 Å². The summed E-state index contributed by atoms with van der Waals surface area (Å²) in [5, 5.41) is 5.05. The van der Waals surface area contributed by atoms with Crippen molar-refractivity contribution in [2.24, 2.45) is 0 Å². The molecule has 4 heteroatoms. The van der Waals surface area contributed by atoms with E-state index in [4.69, 9.17) is 0 Å². The Labute approximate surface area is 74.3 Å². The Hall–Kier alpha value is -1.42. The van der Waals surface area contributed by atoms with Gasteiger partial charge >= 0.3 is 0 Å². The summed E-state index contributed by atoms with van der Waals surface area (Å²) < 4.78 is 4.11. The van der Waals surface area contributed by atoms with Crippen LogP contribution in [0.25, 0.3) is 0 Å². The van der Waals surface area contributed by atoms with Crippen molar-refractivity contribution in [1.82, 2.24) is 9.36 Å². The molecule has 0 aliphatic rings. The predicted molar refractivity (Wildman–Crippen MR) is 49.6 cm³/mol. The van der Waals surface area contributed by atoms with Crippen molar-refractivity contribution in [1.29, 1.82) is 0 Å². The lowest BCUT2D eigenvalue weighted by molar-refractivity contribution is 1.31. The van der Waals surface area contributed by atoms with Crippen LogP contribution in [0.1, 0.15) is 0 Å². The van der Waals surface area contributed by atoms with Gasteiger partial charge in [-0.15, -0.1) is 0 Å². The maximum atomic E-state index is 4.11.